The Bertz CT molecular complexity index is 402. The zero-order valence-corrected chi connectivity index (χ0v) is 10.5. The number of hydrogen-bond donors (Lipinski definition) is 1. The van der Waals surface area contributed by atoms with Crippen molar-refractivity contribution >= 4 is 11.6 Å². The minimum atomic E-state index is -0.663. The lowest BCUT2D eigenvalue weighted by Crippen LogP contribution is -2.40. The third kappa shape index (κ3) is 2.62. The summed E-state index contributed by atoms with van der Waals surface area (Å²) < 4.78 is 18.8. The first-order valence-corrected chi connectivity index (χ1v) is 6.15. The van der Waals surface area contributed by atoms with Gasteiger partial charge in [-0.05, 0) is 31.4 Å². The summed E-state index contributed by atoms with van der Waals surface area (Å²) in [4.78, 5) is 0. The van der Waals surface area contributed by atoms with Crippen LogP contribution in [0.15, 0.2) is 18.2 Å². The van der Waals surface area contributed by atoms with Gasteiger partial charge in [-0.1, -0.05) is 23.7 Å². The largest absolute Gasteiger partial charge is 0.390 e. The van der Waals surface area contributed by atoms with Gasteiger partial charge in [-0.3, -0.25) is 0 Å². The third-order valence-corrected chi connectivity index (χ3v) is 3.82. The van der Waals surface area contributed by atoms with Crippen molar-refractivity contribution in [3.8, 4) is 0 Å². The number of benzene rings is 1. The van der Waals surface area contributed by atoms with E-state index in [0.717, 1.165) is 12.8 Å². The van der Waals surface area contributed by atoms with Crippen LogP contribution in [-0.4, -0.2) is 23.4 Å². The molecule has 0 spiro atoms. The lowest BCUT2D eigenvalue weighted by Gasteiger charge is -2.29. The minimum absolute atomic E-state index is 0.0909. The highest BCUT2D eigenvalue weighted by Gasteiger charge is 2.37. The SMILES string of the molecule is CC1(C(O)Cc2cccc(F)c2Cl)CCCO1. The quantitative estimate of drug-likeness (QED) is 0.903. The van der Waals surface area contributed by atoms with Crippen molar-refractivity contribution < 1.29 is 14.2 Å². The van der Waals surface area contributed by atoms with Crippen LogP contribution in [0.2, 0.25) is 5.02 Å². The molecule has 4 heteroatoms. The fraction of sp³-hybridized carbons (Fsp3) is 0.538. The van der Waals surface area contributed by atoms with Crippen LogP contribution in [0.4, 0.5) is 4.39 Å². The third-order valence-electron chi connectivity index (χ3n) is 3.40. The Balaban J connectivity index is 2.12. The standard InChI is InChI=1S/C13H16ClFO2/c1-13(6-3-7-17-13)11(16)8-9-4-2-5-10(15)12(9)14/h2,4-5,11,16H,3,6-8H2,1H3. The predicted molar refractivity (Wildman–Crippen MR) is 64.7 cm³/mol. The fourth-order valence-electron chi connectivity index (χ4n) is 2.19. The Morgan fingerprint density at radius 1 is 1.59 bits per heavy atom. The number of aliphatic hydroxyl groups excluding tert-OH is 1. The van der Waals surface area contributed by atoms with Gasteiger partial charge in [-0.15, -0.1) is 0 Å². The van der Waals surface area contributed by atoms with E-state index in [9.17, 15) is 9.50 Å². The molecular formula is C13H16ClFO2. The van der Waals surface area contributed by atoms with Crippen molar-refractivity contribution in [1.29, 1.82) is 0 Å². The molecule has 0 aliphatic carbocycles. The maximum Gasteiger partial charge on any atom is 0.142 e. The van der Waals surface area contributed by atoms with E-state index < -0.39 is 17.5 Å². The Morgan fingerprint density at radius 2 is 2.35 bits per heavy atom. The molecule has 0 amide bonds. The van der Waals surface area contributed by atoms with E-state index in [1.54, 1.807) is 12.1 Å². The molecule has 1 aliphatic rings. The van der Waals surface area contributed by atoms with E-state index in [-0.39, 0.29) is 5.02 Å². The molecule has 94 valence electrons. The topological polar surface area (TPSA) is 29.5 Å². The molecule has 2 atom stereocenters. The molecule has 0 radical (unpaired) electrons. The van der Waals surface area contributed by atoms with Crippen molar-refractivity contribution in [2.75, 3.05) is 6.61 Å². The van der Waals surface area contributed by atoms with Crippen LogP contribution < -0.4 is 0 Å². The van der Waals surface area contributed by atoms with Gasteiger partial charge in [0, 0.05) is 13.0 Å². The van der Waals surface area contributed by atoms with Gasteiger partial charge in [-0.2, -0.15) is 0 Å². The van der Waals surface area contributed by atoms with Crippen molar-refractivity contribution in [3.05, 3.63) is 34.6 Å². The van der Waals surface area contributed by atoms with Gasteiger partial charge < -0.3 is 9.84 Å². The number of ether oxygens (including phenoxy) is 1. The highest BCUT2D eigenvalue weighted by Crippen LogP contribution is 2.31. The molecule has 1 saturated heterocycles. The molecular weight excluding hydrogens is 243 g/mol. The number of hydrogen-bond acceptors (Lipinski definition) is 2. The number of aliphatic hydroxyl groups is 1. The van der Waals surface area contributed by atoms with E-state index in [1.807, 2.05) is 6.92 Å². The van der Waals surface area contributed by atoms with Crippen LogP contribution in [0, 0.1) is 5.82 Å². The Kier molecular flexibility index (Phi) is 3.71. The van der Waals surface area contributed by atoms with Gasteiger partial charge >= 0.3 is 0 Å². The van der Waals surface area contributed by atoms with Gasteiger partial charge in [0.2, 0.25) is 0 Å². The molecule has 0 aromatic heterocycles. The first-order valence-electron chi connectivity index (χ1n) is 5.78. The second-order valence-corrected chi connectivity index (χ2v) is 5.08. The van der Waals surface area contributed by atoms with Crippen molar-refractivity contribution in [2.24, 2.45) is 0 Å². The lowest BCUT2D eigenvalue weighted by molar-refractivity contribution is -0.0768. The fourth-order valence-corrected chi connectivity index (χ4v) is 2.40. The summed E-state index contributed by atoms with van der Waals surface area (Å²) in [6.07, 6.45) is 1.42. The average Bonchev–Trinajstić information content (AvgIpc) is 2.73. The van der Waals surface area contributed by atoms with Crippen molar-refractivity contribution in [3.63, 3.8) is 0 Å². The molecule has 1 N–H and O–H groups in total. The maximum atomic E-state index is 13.3. The molecule has 0 bridgehead atoms. The first kappa shape index (κ1) is 12.8. The maximum absolute atomic E-state index is 13.3. The molecule has 1 aromatic rings. The predicted octanol–water partition coefficient (Wildman–Crippen LogP) is 2.95. The lowest BCUT2D eigenvalue weighted by atomic mass is 9.91. The summed E-state index contributed by atoms with van der Waals surface area (Å²) in [5.41, 5.74) is 0.0891. The molecule has 0 saturated carbocycles. The summed E-state index contributed by atoms with van der Waals surface area (Å²) in [5, 5.41) is 10.3. The zero-order valence-electron chi connectivity index (χ0n) is 9.75. The monoisotopic (exact) mass is 258 g/mol. The Morgan fingerprint density at radius 3 is 3.00 bits per heavy atom. The number of halogens is 2. The van der Waals surface area contributed by atoms with Gasteiger partial charge in [0.1, 0.15) is 5.82 Å². The Labute approximate surface area is 105 Å². The van der Waals surface area contributed by atoms with Crippen molar-refractivity contribution in [2.45, 2.75) is 37.9 Å². The summed E-state index contributed by atoms with van der Waals surface area (Å²) in [6, 6.07) is 4.64. The summed E-state index contributed by atoms with van der Waals surface area (Å²) in [5.74, 6) is -0.450. The van der Waals surface area contributed by atoms with E-state index in [4.69, 9.17) is 16.3 Å². The summed E-state index contributed by atoms with van der Waals surface area (Å²) in [7, 11) is 0. The highest BCUT2D eigenvalue weighted by atomic mass is 35.5. The molecule has 17 heavy (non-hydrogen) atoms. The minimum Gasteiger partial charge on any atom is -0.390 e. The first-order chi connectivity index (χ1) is 8.03. The Hall–Kier alpha value is -0.640. The van der Waals surface area contributed by atoms with E-state index in [2.05, 4.69) is 0 Å². The van der Waals surface area contributed by atoms with Gasteiger partial charge in [0.15, 0.2) is 0 Å². The van der Waals surface area contributed by atoms with Crippen LogP contribution >= 0.6 is 11.6 Å². The van der Waals surface area contributed by atoms with Crippen LogP contribution in [0.3, 0.4) is 0 Å². The van der Waals surface area contributed by atoms with Crippen LogP contribution in [0.5, 0.6) is 0 Å². The smallest absolute Gasteiger partial charge is 0.142 e. The molecule has 1 heterocycles. The van der Waals surface area contributed by atoms with Crippen LogP contribution in [0.1, 0.15) is 25.3 Å². The van der Waals surface area contributed by atoms with Gasteiger partial charge in [0.25, 0.3) is 0 Å². The van der Waals surface area contributed by atoms with E-state index in [0.29, 0.717) is 18.6 Å². The summed E-state index contributed by atoms with van der Waals surface area (Å²) in [6.45, 7) is 2.56. The van der Waals surface area contributed by atoms with Gasteiger partial charge in [0.05, 0.1) is 16.7 Å². The molecule has 1 aliphatic heterocycles. The van der Waals surface area contributed by atoms with Crippen molar-refractivity contribution in [1.82, 2.24) is 0 Å². The second-order valence-electron chi connectivity index (χ2n) is 4.70. The molecule has 2 rings (SSSR count). The molecule has 1 aromatic carbocycles. The normalized spacial score (nSPS) is 26.1. The van der Waals surface area contributed by atoms with Crippen LogP contribution in [0.25, 0.3) is 0 Å². The molecule has 2 nitrogen and oxygen atoms in total. The second kappa shape index (κ2) is 4.92. The van der Waals surface area contributed by atoms with Crippen LogP contribution in [-0.2, 0) is 11.2 Å². The number of rotatable bonds is 3. The van der Waals surface area contributed by atoms with Gasteiger partial charge in [-0.25, -0.2) is 4.39 Å². The summed E-state index contributed by atoms with van der Waals surface area (Å²) >= 11 is 5.86. The van der Waals surface area contributed by atoms with E-state index >= 15 is 0 Å². The van der Waals surface area contributed by atoms with E-state index in [1.165, 1.54) is 6.07 Å². The zero-order chi connectivity index (χ0) is 12.5. The molecule has 1 fully saturated rings. The molecule has 2 unspecified atom stereocenters. The average molecular weight is 259 g/mol. The highest BCUT2D eigenvalue weighted by molar-refractivity contribution is 6.31.